The second-order valence-corrected chi connectivity index (χ2v) is 8.44. The Morgan fingerprint density at radius 2 is 1.94 bits per heavy atom. The lowest BCUT2D eigenvalue weighted by Gasteiger charge is -2.15. The summed E-state index contributed by atoms with van der Waals surface area (Å²) >= 11 is 0. The summed E-state index contributed by atoms with van der Waals surface area (Å²) in [5, 5.41) is 4.59. The van der Waals surface area contributed by atoms with Crippen molar-refractivity contribution in [2.75, 3.05) is 14.2 Å². The number of fused-ring (bicyclic) bond motifs is 2. The molecule has 3 heterocycles. The molecule has 0 aliphatic rings. The Kier molecular flexibility index (Phi) is 6.20. The molecule has 1 atom stereocenters. The average molecular weight is 486 g/mol. The molecule has 8 nitrogen and oxygen atoms in total. The number of nitrogens with one attached hydrogen (secondary N) is 2. The van der Waals surface area contributed by atoms with Gasteiger partial charge in [-0.15, -0.1) is 0 Å². The van der Waals surface area contributed by atoms with Crippen molar-refractivity contribution in [3.8, 4) is 22.9 Å². The molecule has 36 heavy (non-hydrogen) atoms. The van der Waals surface area contributed by atoms with E-state index in [4.69, 9.17) is 9.47 Å². The lowest BCUT2D eigenvalue weighted by molar-refractivity contribution is 0.0937. The summed E-state index contributed by atoms with van der Waals surface area (Å²) in [6, 6.07) is 11.4. The highest BCUT2D eigenvalue weighted by Crippen LogP contribution is 2.28. The fraction of sp³-hybridized carbons (Fsp3) is 0.185. The van der Waals surface area contributed by atoms with Crippen molar-refractivity contribution in [1.82, 2.24) is 25.3 Å². The van der Waals surface area contributed by atoms with Crippen LogP contribution in [-0.2, 0) is 6.42 Å². The summed E-state index contributed by atoms with van der Waals surface area (Å²) in [5.74, 6) is 0.0126. The Balaban J connectivity index is 1.50. The molecule has 0 bridgehead atoms. The minimum Gasteiger partial charge on any atom is -0.497 e. The number of H-pyrrole nitrogens is 1. The number of aromatic nitrogens is 4. The van der Waals surface area contributed by atoms with Crippen molar-refractivity contribution in [2.45, 2.75) is 19.4 Å². The Bertz CT molecular complexity index is 1580. The molecule has 0 aliphatic heterocycles. The lowest BCUT2D eigenvalue weighted by Crippen LogP contribution is -2.34. The van der Waals surface area contributed by atoms with Crippen LogP contribution in [0.2, 0.25) is 0 Å². The number of benzene rings is 2. The number of halogens is 1. The van der Waals surface area contributed by atoms with Gasteiger partial charge in [0.1, 0.15) is 11.4 Å². The number of hydrogen-bond acceptors (Lipinski definition) is 6. The van der Waals surface area contributed by atoms with Crippen molar-refractivity contribution in [3.63, 3.8) is 0 Å². The van der Waals surface area contributed by atoms with E-state index in [0.717, 1.165) is 16.5 Å². The van der Waals surface area contributed by atoms with Gasteiger partial charge >= 0.3 is 0 Å². The molecule has 0 aliphatic carbocycles. The molecule has 0 spiro atoms. The van der Waals surface area contributed by atoms with Crippen LogP contribution in [0.4, 0.5) is 4.39 Å². The molecule has 1 amide bonds. The van der Waals surface area contributed by atoms with Crippen molar-refractivity contribution >= 4 is 27.7 Å². The summed E-state index contributed by atoms with van der Waals surface area (Å²) in [6.45, 7) is 1.93. The first-order chi connectivity index (χ1) is 17.5. The van der Waals surface area contributed by atoms with Crippen LogP contribution in [-0.4, -0.2) is 46.1 Å². The van der Waals surface area contributed by atoms with Crippen LogP contribution in [0.15, 0.2) is 61.1 Å². The van der Waals surface area contributed by atoms with Crippen molar-refractivity contribution < 1.29 is 18.7 Å². The number of pyridine rings is 1. The first kappa shape index (κ1) is 23.2. The van der Waals surface area contributed by atoms with E-state index in [1.54, 1.807) is 43.8 Å². The zero-order valence-corrected chi connectivity index (χ0v) is 20.0. The molecule has 0 saturated carbocycles. The number of nitrogens with zero attached hydrogens (tertiary/aromatic N) is 3. The number of methoxy groups -OCH3 is 2. The molecule has 5 aromatic rings. The Hall–Kier alpha value is -4.53. The van der Waals surface area contributed by atoms with Gasteiger partial charge in [-0.05, 0) is 61.4 Å². The van der Waals surface area contributed by atoms with Crippen LogP contribution in [0.1, 0.15) is 23.0 Å². The van der Waals surface area contributed by atoms with Gasteiger partial charge in [-0.1, -0.05) is 0 Å². The third-order valence-corrected chi connectivity index (χ3v) is 6.00. The van der Waals surface area contributed by atoms with Gasteiger partial charge in [-0.3, -0.25) is 9.78 Å². The summed E-state index contributed by atoms with van der Waals surface area (Å²) in [5.41, 5.74) is 3.19. The van der Waals surface area contributed by atoms with Gasteiger partial charge in [-0.25, -0.2) is 14.4 Å². The lowest BCUT2D eigenvalue weighted by atomic mass is 10.1. The van der Waals surface area contributed by atoms with Crippen LogP contribution in [0.5, 0.6) is 11.5 Å². The van der Waals surface area contributed by atoms with E-state index in [-0.39, 0.29) is 29.2 Å². The predicted molar refractivity (Wildman–Crippen MR) is 135 cm³/mol. The van der Waals surface area contributed by atoms with Crippen LogP contribution in [0, 0.1) is 5.82 Å². The summed E-state index contributed by atoms with van der Waals surface area (Å²) in [7, 11) is 2.95. The third kappa shape index (κ3) is 4.43. The van der Waals surface area contributed by atoms with E-state index in [9.17, 15) is 9.18 Å². The zero-order chi connectivity index (χ0) is 25.2. The normalized spacial score (nSPS) is 12.0. The highest BCUT2D eigenvalue weighted by Gasteiger charge is 2.20. The number of aromatic amines is 1. The molecule has 2 aromatic carbocycles. The molecule has 9 heteroatoms. The predicted octanol–water partition coefficient (Wildman–Crippen LogP) is 4.69. The number of carbonyl (C=O) groups excluding carboxylic acids is 1. The zero-order valence-electron chi connectivity index (χ0n) is 20.0. The van der Waals surface area contributed by atoms with Gasteiger partial charge in [0.05, 0.1) is 19.7 Å². The molecule has 182 valence electrons. The highest BCUT2D eigenvalue weighted by atomic mass is 19.1. The fourth-order valence-electron chi connectivity index (χ4n) is 4.20. The first-order valence-corrected chi connectivity index (χ1v) is 11.4. The SMILES string of the molecule is COc1ccc2nc(-c3ccc(OC)c(F)c3)nc(C(=O)NC(C)Cc3c[nH]c4ccncc34)c2c1. The van der Waals surface area contributed by atoms with Crippen LogP contribution in [0.3, 0.4) is 0 Å². The van der Waals surface area contributed by atoms with Gasteiger partial charge in [0.15, 0.2) is 17.4 Å². The summed E-state index contributed by atoms with van der Waals surface area (Å²) in [4.78, 5) is 30.0. The fourth-order valence-corrected chi connectivity index (χ4v) is 4.20. The van der Waals surface area contributed by atoms with E-state index in [0.29, 0.717) is 28.6 Å². The Morgan fingerprint density at radius 3 is 2.72 bits per heavy atom. The summed E-state index contributed by atoms with van der Waals surface area (Å²) in [6.07, 6.45) is 6.06. The van der Waals surface area contributed by atoms with Gasteiger partial charge in [0, 0.05) is 46.5 Å². The molecule has 0 radical (unpaired) electrons. The molecule has 1 unspecified atom stereocenters. The van der Waals surface area contributed by atoms with Crippen LogP contribution < -0.4 is 14.8 Å². The molecule has 2 N–H and O–H groups in total. The molecule has 3 aromatic heterocycles. The van der Waals surface area contributed by atoms with Crippen molar-refractivity contribution in [2.24, 2.45) is 0 Å². The molecule has 0 saturated heterocycles. The van der Waals surface area contributed by atoms with Crippen molar-refractivity contribution in [3.05, 3.63) is 78.1 Å². The largest absolute Gasteiger partial charge is 0.497 e. The Labute approximate surface area is 206 Å². The maximum atomic E-state index is 14.4. The van der Waals surface area contributed by atoms with Crippen LogP contribution >= 0.6 is 0 Å². The Morgan fingerprint density at radius 1 is 1.08 bits per heavy atom. The number of ether oxygens (including phenoxy) is 2. The van der Waals surface area contributed by atoms with Gasteiger partial charge < -0.3 is 19.8 Å². The molecular weight excluding hydrogens is 461 g/mol. The average Bonchev–Trinajstić information content (AvgIpc) is 3.30. The van der Waals surface area contributed by atoms with E-state index >= 15 is 0 Å². The highest BCUT2D eigenvalue weighted by molar-refractivity contribution is 6.05. The standard InChI is InChI=1S/C27H24FN5O3/c1-15(10-17-13-30-22-8-9-29-14-20(17)22)31-27(34)25-19-12-18(35-2)5-6-23(19)32-26(33-25)16-4-7-24(36-3)21(28)11-16/h4-9,11-15,30H,10H2,1-3H3,(H,31,34). The number of rotatable bonds is 7. The minimum absolute atomic E-state index is 0.114. The second kappa shape index (κ2) is 9.61. The maximum absolute atomic E-state index is 14.4. The smallest absolute Gasteiger partial charge is 0.270 e. The van der Waals surface area contributed by atoms with Gasteiger partial charge in [-0.2, -0.15) is 0 Å². The third-order valence-electron chi connectivity index (χ3n) is 6.00. The number of hydrogen-bond donors (Lipinski definition) is 2. The number of amides is 1. The topological polar surface area (TPSA) is 102 Å². The minimum atomic E-state index is -0.540. The first-order valence-electron chi connectivity index (χ1n) is 11.4. The van der Waals surface area contributed by atoms with E-state index < -0.39 is 5.82 Å². The maximum Gasteiger partial charge on any atom is 0.270 e. The molecule has 5 rings (SSSR count). The second-order valence-electron chi connectivity index (χ2n) is 8.44. The van der Waals surface area contributed by atoms with E-state index in [1.165, 1.54) is 19.2 Å². The molecule has 0 fully saturated rings. The summed E-state index contributed by atoms with van der Waals surface area (Å²) < 4.78 is 24.7. The molecular formula is C27H24FN5O3. The van der Waals surface area contributed by atoms with Gasteiger partial charge in [0.2, 0.25) is 0 Å². The van der Waals surface area contributed by atoms with Crippen molar-refractivity contribution in [1.29, 1.82) is 0 Å². The van der Waals surface area contributed by atoms with E-state index in [2.05, 4.69) is 25.3 Å². The quantitative estimate of drug-likeness (QED) is 0.347. The van der Waals surface area contributed by atoms with E-state index in [1.807, 2.05) is 19.2 Å². The number of carbonyl (C=O) groups is 1. The monoisotopic (exact) mass is 485 g/mol. The van der Waals surface area contributed by atoms with Crippen LogP contribution in [0.25, 0.3) is 33.2 Å². The van der Waals surface area contributed by atoms with Gasteiger partial charge in [0.25, 0.3) is 5.91 Å².